The highest BCUT2D eigenvalue weighted by Gasteiger charge is 2.37. The van der Waals surface area contributed by atoms with Gasteiger partial charge in [-0.25, -0.2) is 4.79 Å². The minimum Gasteiger partial charge on any atom is -0.492 e. The van der Waals surface area contributed by atoms with E-state index >= 15 is 0 Å². The van der Waals surface area contributed by atoms with Crippen molar-refractivity contribution in [2.45, 2.75) is 73.0 Å². The summed E-state index contributed by atoms with van der Waals surface area (Å²) >= 11 is 0. The molecule has 0 radical (unpaired) electrons. The second kappa shape index (κ2) is 13.5. The van der Waals surface area contributed by atoms with Crippen LogP contribution in [0.1, 0.15) is 60.8 Å². The number of H-pyrrole nitrogens is 1. The lowest BCUT2D eigenvalue weighted by Crippen LogP contribution is -2.54. The monoisotopic (exact) mass is 558 g/mol. The quantitative estimate of drug-likeness (QED) is 0.278. The van der Waals surface area contributed by atoms with E-state index in [9.17, 15) is 14.7 Å². The fourth-order valence-electron chi connectivity index (χ4n) is 4.45. The summed E-state index contributed by atoms with van der Waals surface area (Å²) in [6.07, 6.45) is 1.15. The number of hydrogen-bond donors (Lipinski definition) is 3. The summed E-state index contributed by atoms with van der Waals surface area (Å²) in [5, 5.41) is 20.3. The van der Waals surface area contributed by atoms with Crippen LogP contribution in [0.15, 0.2) is 24.4 Å². The summed E-state index contributed by atoms with van der Waals surface area (Å²) < 4.78 is 19.1. The Morgan fingerprint density at radius 3 is 2.40 bits per heavy atom. The van der Waals surface area contributed by atoms with E-state index < -0.39 is 24.1 Å². The van der Waals surface area contributed by atoms with Crippen molar-refractivity contribution in [2.24, 2.45) is 12.5 Å². The SMILES string of the molecule is CCCC[C@@H]([C@H](O)C(=O)Nc1ccn[nH]1)N(CC(C)(C)C)C(=O)Oc1nc2c(OCC)ccc(OCC)c2n1C. The largest absolute Gasteiger partial charge is 0.492 e. The zero-order valence-corrected chi connectivity index (χ0v) is 24.5. The average Bonchev–Trinajstić information content (AvgIpc) is 3.52. The Balaban J connectivity index is 1.99. The van der Waals surface area contributed by atoms with Gasteiger partial charge in [0.15, 0.2) is 6.10 Å². The number of ether oxygens (including phenoxy) is 3. The highest BCUT2D eigenvalue weighted by atomic mass is 16.6. The van der Waals surface area contributed by atoms with Crippen LogP contribution in [-0.4, -0.2) is 73.7 Å². The molecule has 12 nitrogen and oxygen atoms in total. The molecule has 0 saturated heterocycles. The van der Waals surface area contributed by atoms with Crippen LogP contribution in [0.4, 0.5) is 10.6 Å². The standard InChI is InChI=1S/C28H42N6O6/c1-8-11-12-18(24(35)25(36)30-21-15-16-29-32-21)34(17-28(4,5)6)27(37)40-26-31-22-19(38-9-2)13-14-20(39-10-3)23(22)33(26)7/h13-16,18,24,35H,8-12,17H2,1-7H3,(H2,29,30,32,36)/t18-,24-/m0/s1. The molecule has 3 N–H and O–H groups in total. The molecule has 0 spiro atoms. The summed E-state index contributed by atoms with van der Waals surface area (Å²) in [4.78, 5) is 32.8. The highest BCUT2D eigenvalue weighted by Crippen LogP contribution is 2.36. The molecule has 0 aliphatic heterocycles. The number of imidazole rings is 1. The fraction of sp³-hybridized carbons (Fsp3) is 0.571. The van der Waals surface area contributed by atoms with Crippen molar-refractivity contribution in [3.8, 4) is 17.5 Å². The van der Waals surface area contributed by atoms with Crippen molar-refractivity contribution in [3.05, 3.63) is 24.4 Å². The smallest absolute Gasteiger partial charge is 0.418 e. The lowest BCUT2D eigenvalue weighted by Gasteiger charge is -2.37. The molecule has 3 rings (SSSR count). The van der Waals surface area contributed by atoms with Crippen LogP contribution < -0.4 is 19.5 Å². The van der Waals surface area contributed by atoms with Crippen LogP contribution >= 0.6 is 0 Å². The Hall–Kier alpha value is -3.80. The normalized spacial score (nSPS) is 13.1. The number of carbonyl (C=O) groups is 2. The van der Waals surface area contributed by atoms with Crippen molar-refractivity contribution < 1.29 is 28.9 Å². The van der Waals surface area contributed by atoms with E-state index in [0.29, 0.717) is 54.4 Å². The van der Waals surface area contributed by atoms with Gasteiger partial charge in [0.05, 0.1) is 25.5 Å². The topological polar surface area (TPSA) is 144 Å². The fourth-order valence-corrected chi connectivity index (χ4v) is 4.45. The molecule has 0 fully saturated rings. The molecule has 220 valence electrons. The zero-order chi connectivity index (χ0) is 29.4. The molecule has 2 heterocycles. The van der Waals surface area contributed by atoms with E-state index in [1.165, 1.54) is 11.1 Å². The second-order valence-electron chi connectivity index (χ2n) is 10.7. The highest BCUT2D eigenvalue weighted by molar-refractivity contribution is 5.94. The minimum atomic E-state index is -1.51. The molecule has 2 atom stereocenters. The van der Waals surface area contributed by atoms with Crippen molar-refractivity contribution in [1.82, 2.24) is 24.6 Å². The number of carbonyl (C=O) groups excluding carboxylic acids is 2. The van der Waals surface area contributed by atoms with Gasteiger partial charge in [-0.2, -0.15) is 10.1 Å². The van der Waals surface area contributed by atoms with Gasteiger partial charge in [0, 0.05) is 19.7 Å². The van der Waals surface area contributed by atoms with Crippen molar-refractivity contribution in [3.63, 3.8) is 0 Å². The first-order valence-corrected chi connectivity index (χ1v) is 13.7. The van der Waals surface area contributed by atoms with E-state index in [4.69, 9.17) is 14.2 Å². The van der Waals surface area contributed by atoms with Crippen LogP contribution in [0.25, 0.3) is 11.0 Å². The summed E-state index contributed by atoms with van der Waals surface area (Å²) in [5.41, 5.74) is 0.765. The van der Waals surface area contributed by atoms with Gasteiger partial charge in [-0.15, -0.1) is 0 Å². The van der Waals surface area contributed by atoms with Crippen LogP contribution in [0, 0.1) is 5.41 Å². The van der Waals surface area contributed by atoms with Gasteiger partial charge in [0.25, 0.3) is 5.91 Å². The predicted octanol–water partition coefficient (Wildman–Crippen LogP) is 4.50. The van der Waals surface area contributed by atoms with Crippen LogP contribution in [0.5, 0.6) is 17.5 Å². The number of benzene rings is 1. The summed E-state index contributed by atoms with van der Waals surface area (Å²) in [7, 11) is 1.73. The average molecular weight is 559 g/mol. The van der Waals surface area contributed by atoms with Gasteiger partial charge in [-0.1, -0.05) is 40.5 Å². The van der Waals surface area contributed by atoms with E-state index in [1.54, 1.807) is 29.8 Å². The summed E-state index contributed by atoms with van der Waals surface area (Å²) in [5.74, 6) is 0.814. The van der Waals surface area contributed by atoms with Gasteiger partial charge in [0.2, 0.25) is 0 Å². The molecule has 0 unspecified atom stereocenters. The predicted molar refractivity (Wildman–Crippen MR) is 152 cm³/mol. The van der Waals surface area contributed by atoms with Crippen molar-refractivity contribution >= 4 is 28.9 Å². The molecular formula is C28H42N6O6. The van der Waals surface area contributed by atoms with E-state index in [0.717, 1.165) is 6.42 Å². The first-order chi connectivity index (χ1) is 19.0. The number of nitrogens with zero attached hydrogens (tertiary/aromatic N) is 4. The Kier molecular flexibility index (Phi) is 10.4. The summed E-state index contributed by atoms with van der Waals surface area (Å²) in [6, 6.07) is 4.34. The van der Waals surface area contributed by atoms with E-state index in [-0.39, 0.29) is 18.0 Å². The molecule has 0 bridgehead atoms. The summed E-state index contributed by atoms with van der Waals surface area (Å²) in [6.45, 7) is 12.8. The number of aliphatic hydroxyl groups is 1. The molecule has 1 aromatic carbocycles. The maximum atomic E-state index is 13.8. The number of unbranched alkanes of at least 4 members (excludes halogenated alkanes) is 1. The van der Waals surface area contributed by atoms with Gasteiger partial charge in [-0.05, 0) is 37.8 Å². The Morgan fingerprint density at radius 2 is 1.80 bits per heavy atom. The molecule has 0 saturated carbocycles. The number of fused-ring (bicyclic) bond motifs is 1. The van der Waals surface area contributed by atoms with Crippen molar-refractivity contribution in [2.75, 3.05) is 25.1 Å². The van der Waals surface area contributed by atoms with Crippen LogP contribution in [-0.2, 0) is 11.8 Å². The first kappa shape index (κ1) is 30.7. The Labute approximate surface area is 235 Å². The van der Waals surface area contributed by atoms with E-state index in [2.05, 4.69) is 20.5 Å². The number of nitrogens with one attached hydrogen (secondary N) is 2. The minimum absolute atomic E-state index is 0.0395. The third kappa shape index (κ3) is 7.44. The second-order valence-corrected chi connectivity index (χ2v) is 10.7. The van der Waals surface area contributed by atoms with Gasteiger partial charge in [0.1, 0.15) is 28.4 Å². The molecule has 0 aliphatic carbocycles. The third-order valence-electron chi connectivity index (χ3n) is 6.21. The number of anilines is 1. The van der Waals surface area contributed by atoms with E-state index in [1.807, 2.05) is 41.5 Å². The van der Waals surface area contributed by atoms with Crippen molar-refractivity contribution in [1.29, 1.82) is 0 Å². The first-order valence-electron chi connectivity index (χ1n) is 13.7. The number of rotatable bonds is 13. The molecule has 0 aliphatic rings. The molecule has 2 aromatic heterocycles. The number of amides is 2. The number of aryl methyl sites for hydroxylation is 1. The maximum Gasteiger partial charge on any atom is 0.418 e. The van der Waals surface area contributed by atoms with Gasteiger partial charge < -0.3 is 29.5 Å². The Bertz CT molecular complexity index is 1270. The third-order valence-corrected chi connectivity index (χ3v) is 6.21. The van der Waals surface area contributed by atoms with Crippen LogP contribution in [0.2, 0.25) is 0 Å². The lowest BCUT2D eigenvalue weighted by atomic mass is 9.93. The number of hydrogen-bond acceptors (Lipinski definition) is 8. The number of aromatic amines is 1. The van der Waals surface area contributed by atoms with Gasteiger partial charge >= 0.3 is 12.1 Å². The van der Waals surface area contributed by atoms with Crippen LogP contribution in [0.3, 0.4) is 0 Å². The number of aromatic nitrogens is 4. The zero-order valence-electron chi connectivity index (χ0n) is 24.5. The Morgan fingerprint density at radius 1 is 1.12 bits per heavy atom. The molecule has 12 heteroatoms. The molecule has 40 heavy (non-hydrogen) atoms. The lowest BCUT2D eigenvalue weighted by molar-refractivity contribution is -0.127. The molecule has 3 aromatic rings. The maximum absolute atomic E-state index is 13.8. The molecular weight excluding hydrogens is 516 g/mol. The molecule has 2 amide bonds. The number of aliphatic hydroxyl groups excluding tert-OH is 1. The van der Waals surface area contributed by atoms with Gasteiger partial charge in [-0.3, -0.25) is 14.5 Å².